The Labute approximate surface area is 178 Å². The first kappa shape index (κ1) is 20.5. The minimum Gasteiger partial charge on any atom is -0.485 e. The van der Waals surface area contributed by atoms with E-state index in [2.05, 4.69) is 20.8 Å². The lowest BCUT2D eigenvalue weighted by Crippen LogP contribution is -2.39. The van der Waals surface area contributed by atoms with E-state index in [0.29, 0.717) is 25.0 Å². The molecule has 1 aromatic heterocycles. The lowest BCUT2D eigenvalue weighted by Gasteiger charge is -2.17. The summed E-state index contributed by atoms with van der Waals surface area (Å²) in [7, 11) is 0. The molecule has 3 aromatic rings. The third-order valence-corrected chi connectivity index (χ3v) is 4.89. The summed E-state index contributed by atoms with van der Waals surface area (Å²) in [6, 6.07) is 14.5. The molecule has 0 radical (unpaired) electrons. The molecule has 2 aromatic carbocycles. The molecule has 0 bridgehead atoms. The Bertz CT molecular complexity index is 1070. The second-order valence-corrected chi connectivity index (χ2v) is 7.21. The predicted octanol–water partition coefficient (Wildman–Crippen LogP) is 1.87. The summed E-state index contributed by atoms with van der Waals surface area (Å²) in [6.45, 7) is -0.226. The maximum Gasteiger partial charge on any atom is 0.316 e. The van der Waals surface area contributed by atoms with Crippen LogP contribution in [0.4, 0.5) is 5.69 Å². The van der Waals surface area contributed by atoms with E-state index in [0.717, 1.165) is 16.8 Å². The Balaban J connectivity index is 1.33. The van der Waals surface area contributed by atoms with Crippen molar-refractivity contribution in [3.05, 3.63) is 71.4 Å². The van der Waals surface area contributed by atoms with Crippen LogP contribution in [0.2, 0.25) is 0 Å². The number of aromatic nitrogens is 2. The standard InChI is InChI=1S/C22H22N4O5/c27-12-16(10-14-4-2-1-3-5-14)23-21(29)22-25-19(26-31-22)13-30-17-8-6-15-7-9-20(28)24-18(15)11-17/h1-6,8,11,16,27H,7,9-10,12-13H2,(H,23,29)(H,24,28)/t16-/m0/s1. The zero-order valence-corrected chi connectivity index (χ0v) is 16.7. The van der Waals surface area contributed by atoms with Gasteiger partial charge in [-0.2, -0.15) is 4.98 Å². The van der Waals surface area contributed by atoms with Crippen molar-refractivity contribution in [1.82, 2.24) is 15.5 Å². The summed E-state index contributed by atoms with van der Waals surface area (Å²) in [5.74, 6) is -0.0459. The van der Waals surface area contributed by atoms with E-state index < -0.39 is 11.9 Å². The molecule has 0 aliphatic carbocycles. The lowest BCUT2D eigenvalue weighted by molar-refractivity contribution is -0.116. The first-order valence-corrected chi connectivity index (χ1v) is 9.94. The number of hydrogen-bond donors (Lipinski definition) is 3. The van der Waals surface area contributed by atoms with E-state index in [9.17, 15) is 14.7 Å². The van der Waals surface area contributed by atoms with Gasteiger partial charge in [-0.15, -0.1) is 0 Å². The van der Waals surface area contributed by atoms with Crippen LogP contribution < -0.4 is 15.4 Å². The number of nitrogens with one attached hydrogen (secondary N) is 2. The summed E-state index contributed by atoms with van der Waals surface area (Å²) >= 11 is 0. The highest BCUT2D eigenvalue weighted by molar-refractivity contribution is 5.94. The number of aryl methyl sites for hydroxylation is 1. The number of nitrogens with zero attached hydrogens (tertiary/aromatic N) is 2. The molecule has 9 nitrogen and oxygen atoms in total. The molecular weight excluding hydrogens is 400 g/mol. The molecule has 1 atom stereocenters. The molecule has 2 amide bonds. The molecule has 3 N–H and O–H groups in total. The average molecular weight is 422 g/mol. The van der Waals surface area contributed by atoms with E-state index in [4.69, 9.17) is 9.26 Å². The largest absolute Gasteiger partial charge is 0.485 e. The van der Waals surface area contributed by atoms with Gasteiger partial charge >= 0.3 is 11.8 Å². The lowest BCUT2D eigenvalue weighted by atomic mass is 10.0. The minimum absolute atomic E-state index is 0.00302. The van der Waals surface area contributed by atoms with Crippen molar-refractivity contribution < 1.29 is 24.0 Å². The van der Waals surface area contributed by atoms with Crippen LogP contribution in [0.1, 0.15) is 34.1 Å². The maximum absolute atomic E-state index is 12.4. The van der Waals surface area contributed by atoms with Gasteiger partial charge in [0.15, 0.2) is 6.61 Å². The maximum atomic E-state index is 12.4. The molecule has 1 aliphatic rings. The van der Waals surface area contributed by atoms with Crippen LogP contribution in [0.5, 0.6) is 5.75 Å². The van der Waals surface area contributed by atoms with Crippen molar-refractivity contribution in [3.63, 3.8) is 0 Å². The van der Waals surface area contributed by atoms with E-state index in [1.807, 2.05) is 36.4 Å². The van der Waals surface area contributed by atoms with Crippen LogP contribution in [0, 0.1) is 0 Å². The van der Waals surface area contributed by atoms with E-state index >= 15 is 0 Å². The van der Waals surface area contributed by atoms with E-state index in [-0.39, 0.29) is 30.8 Å². The number of carbonyl (C=O) groups excluding carboxylic acids is 2. The number of fused-ring (bicyclic) bond motifs is 1. The van der Waals surface area contributed by atoms with Crippen LogP contribution >= 0.6 is 0 Å². The van der Waals surface area contributed by atoms with Crippen LogP contribution in [0.3, 0.4) is 0 Å². The Morgan fingerprint density at radius 3 is 2.87 bits per heavy atom. The number of amides is 2. The Morgan fingerprint density at radius 2 is 2.06 bits per heavy atom. The van der Waals surface area contributed by atoms with Gasteiger partial charge in [-0.05, 0) is 30.0 Å². The fraction of sp³-hybridized carbons (Fsp3) is 0.273. The molecule has 0 spiro atoms. The number of anilines is 1. The summed E-state index contributed by atoms with van der Waals surface area (Å²) in [4.78, 5) is 28.0. The smallest absolute Gasteiger partial charge is 0.316 e. The number of benzene rings is 2. The number of carbonyl (C=O) groups is 2. The average Bonchev–Trinajstić information content (AvgIpc) is 3.27. The third-order valence-electron chi connectivity index (χ3n) is 4.89. The van der Waals surface area contributed by atoms with Crippen molar-refractivity contribution in [1.29, 1.82) is 0 Å². The van der Waals surface area contributed by atoms with Gasteiger partial charge in [0.1, 0.15) is 5.75 Å². The van der Waals surface area contributed by atoms with Gasteiger partial charge in [-0.3, -0.25) is 9.59 Å². The van der Waals surface area contributed by atoms with Crippen LogP contribution in [0.15, 0.2) is 53.1 Å². The molecule has 0 fully saturated rings. The van der Waals surface area contributed by atoms with Crippen molar-refractivity contribution in [2.75, 3.05) is 11.9 Å². The van der Waals surface area contributed by atoms with Gasteiger partial charge in [-0.25, -0.2) is 0 Å². The topological polar surface area (TPSA) is 127 Å². The molecule has 31 heavy (non-hydrogen) atoms. The normalized spacial score (nSPS) is 13.8. The molecule has 2 heterocycles. The number of rotatable bonds is 8. The third kappa shape index (κ3) is 5.26. The number of hydrogen-bond acceptors (Lipinski definition) is 7. The quantitative estimate of drug-likeness (QED) is 0.506. The summed E-state index contributed by atoms with van der Waals surface area (Å²) < 4.78 is 10.7. The highest BCUT2D eigenvalue weighted by Gasteiger charge is 2.20. The molecular formula is C22H22N4O5. The van der Waals surface area contributed by atoms with E-state index in [1.165, 1.54) is 0 Å². The van der Waals surface area contributed by atoms with Gasteiger partial charge < -0.3 is 25.0 Å². The van der Waals surface area contributed by atoms with Crippen LogP contribution in [0.25, 0.3) is 0 Å². The molecule has 0 unspecified atom stereocenters. The van der Waals surface area contributed by atoms with Crippen molar-refractivity contribution in [3.8, 4) is 5.75 Å². The molecule has 1 aliphatic heterocycles. The molecule has 9 heteroatoms. The van der Waals surface area contributed by atoms with Gasteiger partial charge in [0, 0.05) is 18.2 Å². The van der Waals surface area contributed by atoms with Gasteiger partial charge in [0.25, 0.3) is 0 Å². The van der Waals surface area contributed by atoms with Crippen molar-refractivity contribution in [2.24, 2.45) is 0 Å². The number of aliphatic hydroxyl groups is 1. The van der Waals surface area contributed by atoms with Crippen molar-refractivity contribution in [2.45, 2.75) is 31.9 Å². The van der Waals surface area contributed by atoms with Crippen molar-refractivity contribution >= 4 is 17.5 Å². The zero-order valence-electron chi connectivity index (χ0n) is 16.7. The fourth-order valence-corrected chi connectivity index (χ4v) is 3.30. The zero-order chi connectivity index (χ0) is 21.6. The highest BCUT2D eigenvalue weighted by Crippen LogP contribution is 2.27. The first-order chi connectivity index (χ1) is 15.1. The summed E-state index contributed by atoms with van der Waals surface area (Å²) in [6.07, 6.45) is 1.65. The second-order valence-electron chi connectivity index (χ2n) is 7.21. The Kier molecular flexibility index (Phi) is 6.23. The number of ether oxygens (including phenoxy) is 1. The Morgan fingerprint density at radius 1 is 1.23 bits per heavy atom. The Hall–Kier alpha value is -3.72. The summed E-state index contributed by atoms with van der Waals surface area (Å²) in [5, 5.41) is 18.8. The molecule has 0 saturated heterocycles. The van der Waals surface area contributed by atoms with Gasteiger partial charge in [0.2, 0.25) is 11.7 Å². The van der Waals surface area contributed by atoms with Crippen LogP contribution in [-0.4, -0.2) is 39.7 Å². The van der Waals surface area contributed by atoms with E-state index in [1.54, 1.807) is 12.1 Å². The number of aliphatic hydroxyl groups excluding tert-OH is 1. The molecule has 4 rings (SSSR count). The van der Waals surface area contributed by atoms with Crippen LogP contribution in [-0.2, 0) is 24.2 Å². The molecule has 0 saturated carbocycles. The minimum atomic E-state index is -0.565. The fourth-order valence-electron chi connectivity index (χ4n) is 3.30. The summed E-state index contributed by atoms with van der Waals surface area (Å²) in [5.41, 5.74) is 2.78. The van der Waals surface area contributed by atoms with Gasteiger partial charge in [0.05, 0.1) is 12.6 Å². The van der Waals surface area contributed by atoms with Gasteiger partial charge in [-0.1, -0.05) is 41.6 Å². The highest BCUT2D eigenvalue weighted by atomic mass is 16.5. The SMILES string of the molecule is O=C1CCc2ccc(OCc3noc(C(=O)N[C@H](CO)Cc4ccccc4)n3)cc2N1. The first-order valence-electron chi connectivity index (χ1n) is 9.94. The predicted molar refractivity (Wildman–Crippen MR) is 111 cm³/mol. The molecule has 160 valence electrons. The monoisotopic (exact) mass is 422 g/mol. The second kappa shape index (κ2) is 9.40.